The van der Waals surface area contributed by atoms with E-state index in [-0.39, 0.29) is 25.0 Å². The first-order valence-corrected chi connectivity index (χ1v) is 6.95. The second-order valence-corrected chi connectivity index (χ2v) is 5.90. The average Bonchev–Trinajstić information content (AvgIpc) is 2.35. The number of carbonyl (C=O) groups excluding carboxylic acids is 2. The van der Waals surface area contributed by atoms with Gasteiger partial charge in [0.2, 0.25) is 0 Å². The number of ether oxygens (including phenoxy) is 2. The van der Waals surface area contributed by atoms with Crippen LogP contribution in [0.3, 0.4) is 0 Å². The molecule has 21 heavy (non-hydrogen) atoms. The van der Waals surface area contributed by atoms with Crippen LogP contribution < -0.4 is 5.32 Å². The summed E-state index contributed by atoms with van der Waals surface area (Å²) in [6, 6.07) is 9.05. The lowest BCUT2D eigenvalue weighted by Gasteiger charge is -2.21. The maximum atomic E-state index is 11.6. The molecule has 0 bridgehead atoms. The second kappa shape index (κ2) is 7.67. The van der Waals surface area contributed by atoms with E-state index in [4.69, 9.17) is 9.47 Å². The van der Waals surface area contributed by atoms with Crippen LogP contribution >= 0.6 is 0 Å². The molecule has 5 heteroatoms. The van der Waals surface area contributed by atoms with Gasteiger partial charge in [0.05, 0.1) is 6.42 Å². The minimum absolute atomic E-state index is 0.109. The Labute approximate surface area is 125 Å². The lowest BCUT2D eigenvalue weighted by Crippen LogP contribution is -2.36. The van der Waals surface area contributed by atoms with Crippen LogP contribution in [-0.2, 0) is 20.9 Å². The summed E-state index contributed by atoms with van der Waals surface area (Å²) in [6.07, 6.45) is -0.438. The summed E-state index contributed by atoms with van der Waals surface area (Å²) < 4.78 is 10.3. The summed E-state index contributed by atoms with van der Waals surface area (Å²) in [7, 11) is 0. The van der Waals surface area contributed by atoms with Crippen molar-refractivity contribution in [2.75, 3.05) is 0 Å². The van der Waals surface area contributed by atoms with E-state index in [1.165, 1.54) is 0 Å². The Morgan fingerprint density at radius 2 is 1.81 bits per heavy atom. The van der Waals surface area contributed by atoms with Crippen molar-refractivity contribution in [3.63, 3.8) is 0 Å². The third-order valence-corrected chi connectivity index (χ3v) is 2.47. The van der Waals surface area contributed by atoms with E-state index in [0.29, 0.717) is 0 Å². The normalized spacial score (nSPS) is 12.4. The monoisotopic (exact) mass is 293 g/mol. The fraction of sp³-hybridized carbons (Fsp3) is 0.500. The van der Waals surface area contributed by atoms with Gasteiger partial charge in [-0.25, -0.2) is 4.79 Å². The number of amides is 1. The lowest BCUT2D eigenvalue weighted by molar-refractivity contribution is -0.155. The highest BCUT2D eigenvalue weighted by atomic mass is 16.6. The van der Waals surface area contributed by atoms with Gasteiger partial charge in [-0.3, -0.25) is 4.79 Å². The molecule has 1 N–H and O–H groups in total. The van der Waals surface area contributed by atoms with Crippen LogP contribution in [0.25, 0.3) is 0 Å². The number of rotatable bonds is 5. The highest BCUT2D eigenvalue weighted by Crippen LogP contribution is 2.09. The minimum atomic E-state index is -0.546. The molecule has 1 aromatic carbocycles. The summed E-state index contributed by atoms with van der Waals surface area (Å²) >= 11 is 0. The number of benzene rings is 1. The molecule has 0 saturated carbocycles. The topological polar surface area (TPSA) is 64.6 Å². The molecule has 0 aliphatic carbocycles. The zero-order valence-corrected chi connectivity index (χ0v) is 13.0. The van der Waals surface area contributed by atoms with Crippen molar-refractivity contribution in [3.05, 3.63) is 35.9 Å². The van der Waals surface area contributed by atoms with E-state index in [1.54, 1.807) is 27.7 Å². The van der Waals surface area contributed by atoms with Gasteiger partial charge < -0.3 is 14.8 Å². The summed E-state index contributed by atoms with van der Waals surface area (Å²) in [5, 5.41) is 2.60. The molecule has 0 spiro atoms. The van der Waals surface area contributed by atoms with Crippen LogP contribution in [0.2, 0.25) is 0 Å². The van der Waals surface area contributed by atoms with E-state index in [9.17, 15) is 9.59 Å². The molecule has 5 nitrogen and oxygen atoms in total. The Hall–Kier alpha value is -2.04. The van der Waals surface area contributed by atoms with Gasteiger partial charge >= 0.3 is 12.1 Å². The Morgan fingerprint density at radius 3 is 2.38 bits per heavy atom. The standard InChI is InChI=1S/C16H23NO4/c1-12(10-14(18)21-16(2,3)4)17-15(19)20-11-13-8-6-5-7-9-13/h5-9,12H,10-11H2,1-4H3,(H,17,19)/t12-/m1/s1. The number of esters is 1. The Kier molecular flexibility index (Phi) is 6.21. The SMILES string of the molecule is C[C@H](CC(=O)OC(C)(C)C)NC(=O)OCc1ccccc1. The van der Waals surface area contributed by atoms with E-state index < -0.39 is 11.7 Å². The zero-order chi connectivity index (χ0) is 15.9. The number of hydrogen-bond acceptors (Lipinski definition) is 4. The van der Waals surface area contributed by atoms with E-state index in [2.05, 4.69) is 5.32 Å². The predicted octanol–water partition coefficient (Wildman–Crippen LogP) is 3.03. The third-order valence-electron chi connectivity index (χ3n) is 2.47. The van der Waals surface area contributed by atoms with Crippen molar-refractivity contribution in [3.8, 4) is 0 Å². The Bertz CT molecular complexity index is 465. The third kappa shape index (κ3) is 7.97. The molecule has 1 amide bonds. The van der Waals surface area contributed by atoms with Crippen molar-refractivity contribution in [1.82, 2.24) is 5.32 Å². The maximum Gasteiger partial charge on any atom is 0.407 e. The molecule has 0 radical (unpaired) electrons. The summed E-state index contributed by atoms with van der Waals surface area (Å²) in [5.74, 6) is -0.349. The van der Waals surface area contributed by atoms with Gasteiger partial charge in [0.15, 0.2) is 0 Å². The van der Waals surface area contributed by atoms with E-state index >= 15 is 0 Å². The van der Waals surface area contributed by atoms with Crippen molar-refractivity contribution in [2.45, 2.75) is 52.4 Å². The maximum absolute atomic E-state index is 11.6. The smallest absolute Gasteiger partial charge is 0.407 e. The van der Waals surface area contributed by atoms with Crippen LogP contribution in [0, 0.1) is 0 Å². The molecule has 0 heterocycles. The largest absolute Gasteiger partial charge is 0.460 e. The molecule has 0 aliphatic heterocycles. The molecule has 1 rings (SSSR count). The second-order valence-electron chi connectivity index (χ2n) is 5.90. The Balaban J connectivity index is 2.29. The van der Waals surface area contributed by atoms with Crippen LogP contribution in [0.15, 0.2) is 30.3 Å². The van der Waals surface area contributed by atoms with E-state index in [0.717, 1.165) is 5.56 Å². The minimum Gasteiger partial charge on any atom is -0.460 e. The number of hydrogen-bond donors (Lipinski definition) is 1. The fourth-order valence-corrected chi connectivity index (χ4v) is 1.65. The lowest BCUT2D eigenvalue weighted by atomic mass is 10.2. The van der Waals surface area contributed by atoms with Gasteiger partial charge in [-0.1, -0.05) is 30.3 Å². The number of alkyl carbamates (subject to hydrolysis) is 1. The molecule has 116 valence electrons. The highest BCUT2D eigenvalue weighted by molar-refractivity contribution is 5.72. The highest BCUT2D eigenvalue weighted by Gasteiger charge is 2.19. The van der Waals surface area contributed by atoms with Crippen LogP contribution in [0.5, 0.6) is 0 Å². The quantitative estimate of drug-likeness (QED) is 0.847. The number of nitrogens with one attached hydrogen (secondary N) is 1. The van der Waals surface area contributed by atoms with Crippen LogP contribution in [0.1, 0.15) is 39.7 Å². The van der Waals surface area contributed by atoms with Crippen molar-refractivity contribution >= 4 is 12.1 Å². The van der Waals surface area contributed by atoms with Crippen molar-refractivity contribution in [1.29, 1.82) is 0 Å². The molecule has 0 fully saturated rings. The van der Waals surface area contributed by atoms with Gasteiger partial charge in [-0.05, 0) is 33.3 Å². The first-order chi connectivity index (χ1) is 9.76. The molecule has 0 aliphatic rings. The van der Waals surface area contributed by atoms with Gasteiger partial charge in [0.1, 0.15) is 12.2 Å². The molecule has 0 aromatic heterocycles. The molecular formula is C16H23NO4. The summed E-state index contributed by atoms with van der Waals surface area (Å²) in [4.78, 5) is 23.2. The first kappa shape index (κ1) is 17.0. The average molecular weight is 293 g/mol. The fourth-order valence-electron chi connectivity index (χ4n) is 1.65. The van der Waals surface area contributed by atoms with Gasteiger partial charge in [-0.2, -0.15) is 0 Å². The Morgan fingerprint density at radius 1 is 1.19 bits per heavy atom. The predicted molar refractivity (Wildman–Crippen MR) is 79.7 cm³/mol. The van der Waals surface area contributed by atoms with Gasteiger partial charge in [-0.15, -0.1) is 0 Å². The van der Waals surface area contributed by atoms with Crippen molar-refractivity contribution < 1.29 is 19.1 Å². The van der Waals surface area contributed by atoms with Gasteiger partial charge in [0.25, 0.3) is 0 Å². The van der Waals surface area contributed by atoms with Crippen LogP contribution in [-0.4, -0.2) is 23.7 Å². The van der Waals surface area contributed by atoms with Crippen molar-refractivity contribution in [2.24, 2.45) is 0 Å². The molecule has 1 aromatic rings. The first-order valence-electron chi connectivity index (χ1n) is 6.95. The van der Waals surface area contributed by atoms with E-state index in [1.807, 2.05) is 30.3 Å². The molecule has 0 saturated heterocycles. The zero-order valence-electron chi connectivity index (χ0n) is 13.0. The van der Waals surface area contributed by atoms with Crippen LogP contribution in [0.4, 0.5) is 4.79 Å². The van der Waals surface area contributed by atoms with Gasteiger partial charge in [0, 0.05) is 6.04 Å². The summed E-state index contributed by atoms with van der Waals surface area (Å²) in [5.41, 5.74) is 0.386. The summed E-state index contributed by atoms with van der Waals surface area (Å²) in [6.45, 7) is 7.34. The number of carbonyl (C=O) groups is 2. The molecule has 0 unspecified atom stereocenters. The molecule has 1 atom stereocenters. The molecular weight excluding hydrogens is 270 g/mol.